The van der Waals surface area contributed by atoms with E-state index in [-0.39, 0.29) is 29.6 Å². The zero-order valence-electron chi connectivity index (χ0n) is 12.1. The Bertz CT molecular complexity index is 617. The van der Waals surface area contributed by atoms with Gasteiger partial charge in [-0.15, -0.1) is 0 Å². The third-order valence-corrected chi connectivity index (χ3v) is 4.48. The maximum atomic E-state index is 12.7. The molecule has 1 aromatic rings. The van der Waals surface area contributed by atoms with Gasteiger partial charge in [0.05, 0.1) is 17.5 Å². The number of amides is 2. The Morgan fingerprint density at radius 3 is 2.60 bits per heavy atom. The van der Waals surface area contributed by atoms with Gasteiger partial charge in [0, 0.05) is 0 Å². The summed E-state index contributed by atoms with van der Waals surface area (Å²) in [6.45, 7) is 5.94. The van der Waals surface area contributed by atoms with Gasteiger partial charge in [-0.05, 0) is 43.4 Å². The normalized spacial score (nSPS) is 28.9. The largest absolute Gasteiger partial charge is 0.274 e. The molecule has 1 saturated heterocycles. The minimum absolute atomic E-state index is 0.0365. The number of hydrogen-bond donors (Lipinski definition) is 0. The average molecular weight is 269 g/mol. The fourth-order valence-corrected chi connectivity index (χ4v) is 3.35. The average Bonchev–Trinajstić information content (AvgIpc) is 2.66. The summed E-state index contributed by atoms with van der Waals surface area (Å²) in [5.74, 6) is -0.300. The summed E-state index contributed by atoms with van der Waals surface area (Å²) >= 11 is 0. The molecule has 1 heterocycles. The van der Waals surface area contributed by atoms with E-state index in [0.29, 0.717) is 6.42 Å². The highest BCUT2D eigenvalue weighted by Gasteiger charge is 2.50. The minimum atomic E-state index is -0.188. The topological polar surface area (TPSA) is 37.4 Å². The van der Waals surface area contributed by atoms with Crippen molar-refractivity contribution < 1.29 is 9.59 Å². The number of benzene rings is 1. The second kappa shape index (κ2) is 4.58. The number of aryl methyl sites for hydroxylation is 2. The molecule has 0 bridgehead atoms. The Morgan fingerprint density at radius 1 is 1.15 bits per heavy atom. The summed E-state index contributed by atoms with van der Waals surface area (Å²) in [5.41, 5.74) is 2.78. The molecular formula is C17H19NO2. The third-order valence-electron chi connectivity index (χ3n) is 4.48. The fourth-order valence-electron chi connectivity index (χ4n) is 3.35. The molecule has 0 unspecified atom stereocenters. The number of rotatable bonds is 1. The van der Waals surface area contributed by atoms with Crippen molar-refractivity contribution in [3.8, 4) is 0 Å². The van der Waals surface area contributed by atoms with Gasteiger partial charge in [-0.1, -0.05) is 31.2 Å². The SMILES string of the molecule is Cc1ccc(C)c(N2C(=O)[C@H]3[C@H](C)C=CC[C@H]3C2=O)c1. The highest BCUT2D eigenvalue weighted by atomic mass is 16.2. The second-order valence-corrected chi connectivity index (χ2v) is 5.96. The Hall–Kier alpha value is -1.90. The van der Waals surface area contributed by atoms with Crippen LogP contribution in [-0.2, 0) is 9.59 Å². The zero-order valence-corrected chi connectivity index (χ0v) is 12.1. The number of carbonyl (C=O) groups excluding carboxylic acids is 2. The van der Waals surface area contributed by atoms with E-state index in [9.17, 15) is 9.59 Å². The van der Waals surface area contributed by atoms with Crippen molar-refractivity contribution in [3.05, 3.63) is 41.5 Å². The number of allylic oxidation sites excluding steroid dienone is 2. The zero-order chi connectivity index (χ0) is 14.4. The minimum Gasteiger partial charge on any atom is -0.274 e. The Morgan fingerprint density at radius 2 is 1.90 bits per heavy atom. The molecule has 2 amide bonds. The first kappa shape index (κ1) is 13.1. The van der Waals surface area contributed by atoms with Gasteiger partial charge in [0.2, 0.25) is 11.8 Å². The molecule has 0 spiro atoms. The number of anilines is 1. The van der Waals surface area contributed by atoms with Crippen LogP contribution >= 0.6 is 0 Å². The van der Waals surface area contributed by atoms with E-state index in [1.807, 2.05) is 45.0 Å². The lowest BCUT2D eigenvalue weighted by molar-refractivity contribution is -0.122. The predicted molar refractivity (Wildman–Crippen MR) is 78.3 cm³/mol. The number of nitrogens with zero attached hydrogens (tertiary/aromatic N) is 1. The van der Waals surface area contributed by atoms with Gasteiger partial charge in [0.15, 0.2) is 0 Å². The van der Waals surface area contributed by atoms with Crippen LogP contribution in [0, 0.1) is 31.6 Å². The van der Waals surface area contributed by atoms with E-state index < -0.39 is 0 Å². The van der Waals surface area contributed by atoms with Gasteiger partial charge < -0.3 is 0 Å². The first-order valence-corrected chi connectivity index (χ1v) is 7.12. The van der Waals surface area contributed by atoms with Gasteiger partial charge in [-0.25, -0.2) is 4.90 Å². The quantitative estimate of drug-likeness (QED) is 0.580. The lowest BCUT2D eigenvalue weighted by Crippen LogP contribution is -2.32. The van der Waals surface area contributed by atoms with E-state index in [4.69, 9.17) is 0 Å². The van der Waals surface area contributed by atoms with E-state index >= 15 is 0 Å². The summed E-state index contributed by atoms with van der Waals surface area (Å²) in [4.78, 5) is 26.7. The lowest BCUT2D eigenvalue weighted by Gasteiger charge is -2.22. The van der Waals surface area contributed by atoms with Crippen molar-refractivity contribution in [1.82, 2.24) is 0 Å². The van der Waals surface area contributed by atoms with Crippen molar-refractivity contribution in [2.45, 2.75) is 27.2 Å². The highest BCUT2D eigenvalue weighted by Crippen LogP contribution is 2.41. The third kappa shape index (κ3) is 1.80. The van der Waals surface area contributed by atoms with Crippen molar-refractivity contribution in [2.75, 3.05) is 4.90 Å². The Kier molecular flexibility index (Phi) is 3.00. The van der Waals surface area contributed by atoms with Crippen molar-refractivity contribution in [2.24, 2.45) is 17.8 Å². The van der Waals surface area contributed by atoms with Crippen LogP contribution in [0.5, 0.6) is 0 Å². The summed E-state index contributed by atoms with van der Waals surface area (Å²) < 4.78 is 0. The fraction of sp³-hybridized carbons (Fsp3) is 0.412. The van der Waals surface area contributed by atoms with Crippen LogP contribution in [0.2, 0.25) is 0 Å². The monoisotopic (exact) mass is 269 g/mol. The van der Waals surface area contributed by atoms with E-state index in [1.54, 1.807) is 0 Å². The van der Waals surface area contributed by atoms with Crippen molar-refractivity contribution in [1.29, 1.82) is 0 Å². The second-order valence-electron chi connectivity index (χ2n) is 5.96. The molecule has 1 aliphatic carbocycles. The van der Waals surface area contributed by atoms with Crippen molar-refractivity contribution >= 4 is 17.5 Å². The smallest absolute Gasteiger partial charge is 0.238 e. The van der Waals surface area contributed by atoms with E-state index in [1.165, 1.54) is 4.90 Å². The van der Waals surface area contributed by atoms with Gasteiger partial charge in [-0.3, -0.25) is 9.59 Å². The van der Waals surface area contributed by atoms with Gasteiger partial charge in [0.25, 0.3) is 0 Å². The molecule has 104 valence electrons. The summed E-state index contributed by atoms with van der Waals surface area (Å²) in [7, 11) is 0. The molecule has 0 aromatic heterocycles. The summed E-state index contributed by atoms with van der Waals surface area (Å²) in [6, 6.07) is 5.90. The van der Waals surface area contributed by atoms with Crippen LogP contribution in [0.3, 0.4) is 0 Å². The number of hydrogen-bond acceptors (Lipinski definition) is 2. The molecule has 3 atom stereocenters. The molecule has 1 aliphatic heterocycles. The van der Waals surface area contributed by atoms with Crippen LogP contribution in [0.25, 0.3) is 0 Å². The maximum absolute atomic E-state index is 12.7. The van der Waals surface area contributed by atoms with Crippen LogP contribution in [-0.4, -0.2) is 11.8 Å². The summed E-state index contributed by atoms with van der Waals surface area (Å²) in [6.07, 6.45) is 4.77. The number of imide groups is 1. The molecular weight excluding hydrogens is 250 g/mol. The molecule has 1 fully saturated rings. The Balaban J connectivity index is 2.06. The first-order valence-electron chi connectivity index (χ1n) is 7.12. The molecule has 2 aliphatic rings. The predicted octanol–water partition coefficient (Wildman–Crippen LogP) is 3.01. The van der Waals surface area contributed by atoms with Crippen LogP contribution < -0.4 is 4.90 Å². The Labute approximate surface area is 119 Å². The van der Waals surface area contributed by atoms with Gasteiger partial charge in [0.1, 0.15) is 0 Å². The molecule has 0 N–H and O–H groups in total. The molecule has 0 radical (unpaired) electrons. The molecule has 3 rings (SSSR count). The molecule has 20 heavy (non-hydrogen) atoms. The summed E-state index contributed by atoms with van der Waals surface area (Å²) in [5, 5.41) is 0. The van der Waals surface area contributed by atoms with Gasteiger partial charge in [-0.2, -0.15) is 0 Å². The van der Waals surface area contributed by atoms with Crippen LogP contribution in [0.4, 0.5) is 5.69 Å². The molecule has 0 saturated carbocycles. The first-order chi connectivity index (χ1) is 9.50. The standard InChI is InChI=1S/C17H19NO2/c1-10-7-8-11(2)14(9-10)18-16(19)13-6-4-5-12(3)15(13)17(18)20/h4-5,7-9,12-13,15H,6H2,1-3H3/t12-,13-,15+/m1/s1. The van der Waals surface area contributed by atoms with Gasteiger partial charge >= 0.3 is 0 Å². The number of fused-ring (bicyclic) bond motifs is 1. The molecule has 3 heteroatoms. The molecule has 1 aromatic carbocycles. The van der Waals surface area contributed by atoms with Crippen LogP contribution in [0.15, 0.2) is 30.4 Å². The highest BCUT2D eigenvalue weighted by molar-refractivity contribution is 6.22. The van der Waals surface area contributed by atoms with Crippen LogP contribution in [0.1, 0.15) is 24.5 Å². The maximum Gasteiger partial charge on any atom is 0.238 e. The van der Waals surface area contributed by atoms with E-state index in [2.05, 4.69) is 6.08 Å². The number of carbonyl (C=O) groups is 2. The molecule has 3 nitrogen and oxygen atoms in total. The van der Waals surface area contributed by atoms with Crippen molar-refractivity contribution in [3.63, 3.8) is 0 Å². The lowest BCUT2D eigenvalue weighted by atomic mass is 9.78. The van der Waals surface area contributed by atoms with E-state index in [0.717, 1.165) is 16.8 Å².